The molecule has 8 heteroatoms. The molecule has 0 spiro atoms. The fourth-order valence-corrected chi connectivity index (χ4v) is 4.10. The molecule has 1 amide bonds. The number of ether oxygens (including phenoxy) is 2. The van der Waals surface area contributed by atoms with Gasteiger partial charge in [0.15, 0.2) is 5.76 Å². The molecule has 1 N–H and O–H groups in total. The van der Waals surface area contributed by atoms with Crippen molar-refractivity contribution in [3.8, 4) is 16.7 Å². The first kappa shape index (κ1) is 19.3. The Morgan fingerprint density at radius 1 is 1.19 bits per heavy atom. The Morgan fingerprint density at radius 2 is 2.10 bits per heavy atom. The van der Waals surface area contributed by atoms with Crippen LogP contribution in [-0.4, -0.2) is 16.0 Å². The van der Waals surface area contributed by atoms with Crippen molar-refractivity contribution < 1.29 is 18.8 Å². The van der Waals surface area contributed by atoms with Crippen molar-refractivity contribution in [1.82, 2.24) is 15.5 Å². The number of amides is 1. The van der Waals surface area contributed by atoms with Gasteiger partial charge >= 0.3 is 0 Å². The largest absolute Gasteiger partial charge is 0.485 e. The lowest BCUT2D eigenvalue weighted by atomic mass is 9.97. The molecule has 4 aromatic rings. The topological polar surface area (TPSA) is 86.5 Å². The summed E-state index contributed by atoms with van der Waals surface area (Å²) in [6, 6.07) is 17.7. The molecule has 0 saturated heterocycles. The normalized spacial score (nSPS) is 15.0. The highest BCUT2D eigenvalue weighted by atomic mass is 32.1. The van der Waals surface area contributed by atoms with Gasteiger partial charge in [0.05, 0.1) is 12.7 Å². The number of carbonyl (C=O) groups is 1. The van der Waals surface area contributed by atoms with E-state index in [2.05, 4.69) is 27.6 Å². The molecule has 1 atom stereocenters. The predicted molar refractivity (Wildman–Crippen MR) is 114 cm³/mol. The number of fused-ring (bicyclic) bond motifs is 1. The highest BCUT2D eigenvalue weighted by Gasteiger charge is 2.22. The highest BCUT2D eigenvalue weighted by molar-refractivity contribution is 7.11. The van der Waals surface area contributed by atoms with Crippen LogP contribution in [0.3, 0.4) is 0 Å². The van der Waals surface area contributed by atoms with Crippen molar-refractivity contribution in [2.75, 3.05) is 0 Å². The molecule has 5 rings (SSSR count). The Balaban J connectivity index is 1.22. The molecule has 2 aromatic heterocycles. The third-order valence-electron chi connectivity index (χ3n) is 4.98. The van der Waals surface area contributed by atoms with E-state index in [0.717, 1.165) is 24.2 Å². The first-order valence-corrected chi connectivity index (χ1v) is 10.8. The van der Waals surface area contributed by atoms with Crippen LogP contribution in [0.1, 0.15) is 39.9 Å². The number of hydrogen-bond donors (Lipinski definition) is 1. The predicted octanol–water partition coefficient (Wildman–Crippen LogP) is 4.92. The first-order chi connectivity index (χ1) is 15.2. The second-order valence-corrected chi connectivity index (χ2v) is 7.91. The molecule has 0 saturated carbocycles. The van der Waals surface area contributed by atoms with Gasteiger partial charge in [-0.3, -0.25) is 4.79 Å². The fraction of sp³-hybridized carbons (Fsp3) is 0.174. The van der Waals surface area contributed by atoms with Gasteiger partial charge < -0.3 is 19.3 Å². The van der Waals surface area contributed by atoms with Crippen molar-refractivity contribution in [1.29, 1.82) is 0 Å². The molecule has 1 aliphatic rings. The SMILES string of the molecule is O=C(NCc1ccno1)c1csc(Oc2ccc3c(c2)CC[C@@H](c2ccccc2)O3)n1. The van der Waals surface area contributed by atoms with Gasteiger partial charge in [-0.15, -0.1) is 0 Å². The average molecular weight is 433 g/mol. The summed E-state index contributed by atoms with van der Waals surface area (Å²) >= 11 is 1.27. The van der Waals surface area contributed by atoms with Gasteiger partial charge in [-0.25, -0.2) is 0 Å². The summed E-state index contributed by atoms with van der Waals surface area (Å²) in [6.07, 6.45) is 3.41. The molecule has 2 aromatic carbocycles. The van der Waals surface area contributed by atoms with E-state index in [1.165, 1.54) is 23.1 Å². The maximum absolute atomic E-state index is 12.2. The van der Waals surface area contributed by atoms with Gasteiger partial charge in [0.1, 0.15) is 23.3 Å². The highest BCUT2D eigenvalue weighted by Crippen LogP contribution is 2.37. The number of aryl methyl sites for hydroxylation is 1. The van der Waals surface area contributed by atoms with Crippen LogP contribution in [0.2, 0.25) is 0 Å². The second-order valence-electron chi connectivity index (χ2n) is 7.09. The van der Waals surface area contributed by atoms with Gasteiger partial charge in [-0.2, -0.15) is 4.98 Å². The summed E-state index contributed by atoms with van der Waals surface area (Å²) in [5, 5.41) is 8.41. The molecular weight excluding hydrogens is 414 g/mol. The number of nitrogens with one attached hydrogen (secondary N) is 1. The number of benzene rings is 2. The molecule has 0 fully saturated rings. The van der Waals surface area contributed by atoms with Crippen LogP contribution in [0.5, 0.6) is 16.7 Å². The lowest BCUT2D eigenvalue weighted by Gasteiger charge is -2.26. The summed E-state index contributed by atoms with van der Waals surface area (Å²) in [5.74, 6) is 1.82. The standard InChI is InChI=1S/C23H19N3O4S/c27-22(24-13-18-10-11-25-30-18)19-14-31-23(26-19)28-17-7-9-21-16(12-17)6-8-20(29-21)15-4-2-1-3-5-15/h1-5,7,9-12,14,20H,6,8,13H2,(H,24,27)/t20-/m0/s1. The molecule has 3 heterocycles. The van der Waals surface area contributed by atoms with Crippen LogP contribution in [0, 0.1) is 0 Å². The van der Waals surface area contributed by atoms with Gasteiger partial charge in [0.2, 0.25) is 0 Å². The van der Waals surface area contributed by atoms with Crippen molar-refractivity contribution in [2.24, 2.45) is 0 Å². The van der Waals surface area contributed by atoms with Gasteiger partial charge in [-0.1, -0.05) is 46.8 Å². The Morgan fingerprint density at radius 3 is 2.94 bits per heavy atom. The van der Waals surface area contributed by atoms with Crippen LogP contribution in [0.4, 0.5) is 0 Å². The lowest BCUT2D eigenvalue weighted by molar-refractivity contribution is 0.0942. The molecule has 7 nitrogen and oxygen atoms in total. The number of nitrogens with zero attached hydrogens (tertiary/aromatic N) is 2. The summed E-state index contributed by atoms with van der Waals surface area (Å²) in [5.41, 5.74) is 2.59. The zero-order valence-corrected chi connectivity index (χ0v) is 17.3. The zero-order chi connectivity index (χ0) is 21.0. The van der Waals surface area contributed by atoms with E-state index in [0.29, 0.717) is 22.4 Å². The van der Waals surface area contributed by atoms with E-state index in [-0.39, 0.29) is 18.6 Å². The van der Waals surface area contributed by atoms with E-state index in [4.69, 9.17) is 14.0 Å². The molecule has 31 heavy (non-hydrogen) atoms. The molecule has 0 unspecified atom stereocenters. The van der Waals surface area contributed by atoms with Gasteiger partial charge in [0.25, 0.3) is 11.1 Å². The average Bonchev–Trinajstić information content (AvgIpc) is 3.50. The summed E-state index contributed by atoms with van der Waals surface area (Å²) in [7, 11) is 0. The molecule has 0 aliphatic carbocycles. The number of hydrogen-bond acceptors (Lipinski definition) is 7. The number of rotatable bonds is 6. The minimum absolute atomic E-state index is 0.0671. The Kier molecular flexibility index (Phi) is 5.37. The second kappa shape index (κ2) is 8.61. The van der Waals surface area contributed by atoms with Crippen LogP contribution < -0.4 is 14.8 Å². The Labute approximate surface area is 182 Å². The number of thiazole rings is 1. The van der Waals surface area contributed by atoms with Crippen molar-refractivity contribution in [3.05, 3.63) is 88.8 Å². The zero-order valence-electron chi connectivity index (χ0n) is 16.5. The lowest BCUT2D eigenvalue weighted by Crippen LogP contribution is -2.22. The Bertz CT molecular complexity index is 1170. The number of carbonyl (C=O) groups excluding carboxylic acids is 1. The summed E-state index contributed by atoms with van der Waals surface area (Å²) in [6.45, 7) is 0.251. The quantitative estimate of drug-likeness (QED) is 0.464. The summed E-state index contributed by atoms with van der Waals surface area (Å²) in [4.78, 5) is 16.5. The maximum Gasteiger partial charge on any atom is 0.279 e. The first-order valence-electron chi connectivity index (χ1n) is 9.90. The van der Waals surface area contributed by atoms with Crippen molar-refractivity contribution in [3.63, 3.8) is 0 Å². The van der Waals surface area contributed by atoms with Crippen molar-refractivity contribution in [2.45, 2.75) is 25.5 Å². The van der Waals surface area contributed by atoms with Gasteiger partial charge in [-0.05, 0) is 42.2 Å². The van der Waals surface area contributed by atoms with E-state index < -0.39 is 0 Å². The van der Waals surface area contributed by atoms with Crippen LogP contribution in [0.25, 0.3) is 0 Å². The molecule has 1 aliphatic heterocycles. The van der Waals surface area contributed by atoms with E-state index in [1.807, 2.05) is 36.4 Å². The van der Waals surface area contributed by atoms with Crippen LogP contribution in [-0.2, 0) is 13.0 Å². The molecule has 156 valence electrons. The molecular formula is C23H19N3O4S. The molecule has 0 bridgehead atoms. The molecule has 0 radical (unpaired) electrons. The van der Waals surface area contributed by atoms with Gasteiger partial charge in [0, 0.05) is 11.4 Å². The van der Waals surface area contributed by atoms with E-state index in [9.17, 15) is 4.79 Å². The van der Waals surface area contributed by atoms with Crippen LogP contribution >= 0.6 is 11.3 Å². The van der Waals surface area contributed by atoms with Crippen molar-refractivity contribution >= 4 is 17.2 Å². The fourth-order valence-electron chi connectivity index (χ4n) is 3.43. The van der Waals surface area contributed by atoms with E-state index >= 15 is 0 Å². The third-order valence-corrected chi connectivity index (χ3v) is 5.70. The minimum atomic E-state index is -0.298. The smallest absolute Gasteiger partial charge is 0.279 e. The summed E-state index contributed by atoms with van der Waals surface area (Å²) < 4.78 is 17.0. The Hall–Kier alpha value is -3.65. The number of aromatic nitrogens is 2. The van der Waals surface area contributed by atoms with Crippen LogP contribution in [0.15, 0.2) is 70.7 Å². The minimum Gasteiger partial charge on any atom is -0.485 e. The maximum atomic E-state index is 12.2. The monoisotopic (exact) mass is 433 g/mol. The van der Waals surface area contributed by atoms with E-state index in [1.54, 1.807) is 11.4 Å². The third kappa shape index (κ3) is 4.44.